The quantitative estimate of drug-likeness (QED) is 0.562. The summed E-state index contributed by atoms with van der Waals surface area (Å²) in [5.74, 6) is 0.958. The van der Waals surface area contributed by atoms with Crippen molar-refractivity contribution in [1.82, 2.24) is 9.56 Å². The lowest BCUT2D eigenvalue weighted by Gasteiger charge is -2.09. The van der Waals surface area contributed by atoms with Gasteiger partial charge in [0.25, 0.3) is 11.5 Å². The van der Waals surface area contributed by atoms with E-state index in [1.807, 2.05) is 19.1 Å². The first kappa shape index (κ1) is 18.5. The summed E-state index contributed by atoms with van der Waals surface area (Å²) in [6, 6.07) is 17.5. The number of ether oxygens (including phenoxy) is 1. The highest BCUT2D eigenvalue weighted by Gasteiger charge is 2.09. The van der Waals surface area contributed by atoms with Crippen molar-refractivity contribution < 1.29 is 14.1 Å². The van der Waals surface area contributed by atoms with Gasteiger partial charge in [0.05, 0.1) is 5.69 Å². The van der Waals surface area contributed by atoms with Crippen LogP contribution in [0.2, 0.25) is 0 Å². The smallest absolute Gasteiger partial charge is 0.287 e. The largest absolute Gasteiger partial charge is 0.487 e. The number of amides is 1. The zero-order chi connectivity index (χ0) is 20.4. The Morgan fingerprint density at radius 1 is 1.10 bits per heavy atom. The predicted octanol–water partition coefficient (Wildman–Crippen LogP) is 3.74. The molecule has 0 aliphatic carbocycles. The van der Waals surface area contributed by atoms with Crippen molar-refractivity contribution in [1.29, 1.82) is 0 Å². The van der Waals surface area contributed by atoms with Crippen molar-refractivity contribution in [3.05, 3.63) is 93.6 Å². The minimum Gasteiger partial charge on any atom is -0.487 e. The van der Waals surface area contributed by atoms with Crippen LogP contribution in [0.3, 0.4) is 0 Å². The highest BCUT2D eigenvalue weighted by molar-refractivity contribution is 6.04. The van der Waals surface area contributed by atoms with Crippen molar-refractivity contribution in [2.24, 2.45) is 0 Å². The molecule has 2 heterocycles. The topological polar surface area (TPSA) is 85.8 Å². The molecule has 29 heavy (non-hydrogen) atoms. The van der Waals surface area contributed by atoms with Crippen molar-refractivity contribution in [2.75, 3.05) is 5.32 Å². The van der Waals surface area contributed by atoms with Crippen LogP contribution in [0.5, 0.6) is 5.75 Å². The number of aromatic nitrogens is 2. The fraction of sp³-hybridized carbons (Fsp3) is 0.136. The molecular formula is C22H19N3O4. The summed E-state index contributed by atoms with van der Waals surface area (Å²) >= 11 is 0. The van der Waals surface area contributed by atoms with Crippen LogP contribution in [0, 0.1) is 13.8 Å². The number of hydrogen-bond donors (Lipinski definition) is 1. The molecule has 146 valence electrons. The third kappa shape index (κ3) is 4.19. The van der Waals surface area contributed by atoms with E-state index in [2.05, 4.69) is 10.3 Å². The van der Waals surface area contributed by atoms with Crippen LogP contribution in [0.25, 0.3) is 5.65 Å². The second kappa shape index (κ2) is 7.63. The number of carbonyl (C=O) groups excluding carboxylic acids is 1. The van der Waals surface area contributed by atoms with E-state index in [4.69, 9.17) is 9.26 Å². The monoisotopic (exact) mass is 389 g/mol. The zero-order valence-electron chi connectivity index (χ0n) is 16.0. The van der Waals surface area contributed by atoms with E-state index >= 15 is 0 Å². The molecule has 1 N–H and O–H groups in total. The number of aryl methyl sites for hydroxylation is 2. The molecule has 0 radical (unpaired) electrons. The van der Waals surface area contributed by atoms with Gasteiger partial charge < -0.3 is 14.6 Å². The lowest BCUT2D eigenvalue weighted by atomic mass is 10.1. The number of nitrogens with zero attached hydrogens (tertiary/aromatic N) is 2. The van der Waals surface area contributed by atoms with Crippen molar-refractivity contribution >= 4 is 17.2 Å². The third-order valence-corrected chi connectivity index (χ3v) is 4.32. The lowest BCUT2D eigenvalue weighted by molar-refractivity contribution is 0.102. The first-order valence-electron chi connectivity index (χ1n) is 9.08. The molecule has 0 atom stereocenters. The molecule has 4 rings (SSSR count). The molecule has 4 aromatic rings. The van der Waals surface area contributed by atoms with Crippen LogP contribution < -0.4 is 15.6 Å². The van der Waals surface area contributed by atoms with Gasteiger partial charge in [-0.3, -0.25) is 9.59 Å². The Labute approximate surface area is 166 Å². The molecular weight excluding hydrogens is 370 g/mol. The van der Waals surface area contributed by atoms with Crippen LogP contribution in [0.1, 0.15) is 27.4 Å². The van der Waals surface area contributed by atoms with Gasteiger partial charge in [0.15, 0.2) is 5.65 Å². The summed E-state index contributed by atoms with van der Waals surface area (Å²) < 4.78 is 12.2. The number of hydrogen-bond acceptors (Lipinski definition) is 5. The molecule has 0 saturated carbocycles. The van der Waals surface area contributed by atoms with Gasteiger partial charge in [-0.15, -0.1) is 4.57 Å². The minimum absolute atomic E-state index is 0.116. The van der Waals surface area contributed by atoms with Crippen LogP contribution in [0.15, 0.2) is 70.0 Å². The molecule has 7 nitrogen and oxygen atoms in total. The average molecular weight is 389 g/mol. The third-order valence-electron chi connectivity index (χ3n) is 4.32. The standard InChI is InChI=1S/C22H19N3O4/c1-14-6-8-16(9-7-14)22(27)24-17-4-3-5-19(11-17)28-13-18-12-21(26)25-20(23-18)10-15(2)29-25/h3-12H,13H2,1-2H3,(H,24,27). The second-order valence-electron chi connectivity index (χ2n) is 6.72. The maximum absolute atomic E-state index is 12.4. The van der Waals surface area contributed by atoms with Gasteiger partial charge >= 0.3 is 0 Å². The number of carbonyl (C=O) groups is 1. The fourth-order valence-corrected chi connectivity index (χ4v) is 2.88. The predicted molar refractivity (Wildman–Crippen MR) is 108 cm³/mol. The Kier molecular flexibility index (Phi) is 4.87. The first-order chi connectivity index (χ1) is 14.0. The van der Waals surface area contributed by atoms with Crippen molar-refractivity contribution in [3.8, 4) is 5.75 Å². The SMILES string of the molecule is Cc1ccc(C(=O)Nc2cccc(OCc3cc(=O)n4oc(C)cc4n3)c2)cc1. The van der Waals surface area contributed by atoms with Gasteiger partial charge in [-0.2, -0.15) is 0 Å². The minimum atomic E-state index is -0.305. The Morgan fingerprint density at radius 2 is 1.90 bits per heavy atom. The molecule has 0 fully saturated rings. The summed E-state index contributed by atoms with van der Waals surface area (Å²) in [5, 5.41) is 2.85. The summed E-state index contributed by atoms with van der Waals surface area (Å²) in [5.41, 5.74) is 2.91. The summed E-state index contributed by atoms with van der Waals surface area (Å²) in [4.78, 5) is 28.8. The first-order valence-corrected chi connectivity index (χ1v) is 9.08. The summed E-state index contributed by atoms with van der Waals surface area (Å²) in [7, 11) is 0. The van der Waals surface area contributed by atoms with Crippen LogP contribution >= 0.6 is 0 Å². The molecule has 2 aromatic heterocycles. The van der Waals surface area contributed by atoms with Gasteiger partial charge in [-0.05, 0) is 38.1 Å². The fourth-order valence-electron chi connectivity index (χ4n) is 2.88. The number of nitrogens with one attached hydrogen (secondary N) is 1. The lowest BCUT2D eigenvalue weighted by Crippen LogP contribution is -2.14. The van der Waals surface area contributed by atoms with E-state index in [-0.39, 0.29) is 18.1 Å². The highest BCUT2D eigenvalue weighted by atomic mass is 16.5. The molecule has 0 spiro atoms. The molecule has 2 aromatic carbocycles. The Hall–Kier alpha value is -3.87. The maximum atomic E-state index is 12.4. The molecule has 7 heteroatoms. The normalized spacial score (nSPS) is 10.8. The Bertz CT molecular complexity index is 1240. The van der Waals surface area contributed by atoms with Gasteiger partial charge in [0.2, 0.25) is 0 Å². The van der Waals surface area contributed by atoms with E-state index in [1.54, 1.807) is 49.4 Å². The molecule has 0 aliphatic rings. The molecule has 0 bridgehead atoms. The van der Waals surface area contributed by atoms with Crippen LogP contribution in [-0.2, 0) is 6.61 Å². The molecule has 0 saturated heterocycles. The number of benzene rings is 2. The number of rotatable bonds is 5. The highest BCUT2D eigenvalue weighted by Crippen LogP contribution is 2.19. The number of fused-ring (bicyclic) bond motifs is 1. The van der Waals surface area contributed by atoms with Gasteiger partial charge in [0, 0.05) is 29.4 Å². The Morgan fingerprint density at radius 3 is 2.69 bits per heavy atom. The molecule has 0 unspecified atom stereocenters. The molecule has 0 aliphatic heterocycles. The summed E-state index contributed by atoms with van der Waals surface area (Å²) in [6.07, 6.45) is 0. The number of anilines is 1. The molecule has 1 amide bonds. The van der Waals surface area contributed by atoms with Crippen LogP contribution in [-0.4, -0.2) is 15.5 Å². The van der Waals surface area contributed by atoms with E-state index in [9.17, 15) is 9.59 Å². The van der Waals surface area contributed by atoms with E-state index in [1.165, 1.54) is 6.07 Å². The Balaban J connectivity index is 1.46. The van der Waals surface area contributed by atoms with E-state index in [0.29, 0.717) is 34.1 Å². The maximum Gasteiger partial charge on any atom is 0.287 e. The average Bonchev–Trinajstić information content (AvgIpc) is 3.08. The van der Waals surface area contributed by atoms with Gasteiger partial charge in [-0.1, -0.05) is 23.8 Å². The zero-order valence-corrected chi connectivity index (χ0v) is 16.0. The van der Waals surface area contributed by atoms with Crippen LogP contribution in [0.4, 0.5) is 5.69 Å². The summed E-state index contributed by atoms with van der Waals surface area (Å²) in [6.45, 7) is 3.84. The van der Waals surface area contributed by atoms with Gasteiger partial charge in [-0.25, -0.2) is 4.98 Å². The van der Waals surface area contributed by atoms with E-state index < -0.39 is 0 Å². The van der Waals surface area contributed by atoms with E-state index in [0.717, 1.165) is 10.1 Å². The second-order valence-corrected chi connectivity index (χ2v) is 6.72. The van der Waals surface area contributed by atoms with Crippen molar-refractivity contribution in [2.45, 2.75) is 20.5 Å². The van der Waals surface area contributed by atoms with Crippen molar-refractivity contribution in [3.63, 3.8) is 0 Å². The van der Waals surface area contributed by atoms with Gasteiger partial charge in [0.1, 0.15) is 18.1 Å².